The Bertz CT molecular complexity index is 523. The lowest BCUT2D eigenvalue weighted by Gasteiger charge is -1.94. The van der Waals surface area contributed by atoms with Crippen molar-refractivity contribution in [3.05, 3.63) is 34.2 Å². The first-order valence-electron chi connectivity index (χ1n) is 3.63. The molecule has 0 saturated carbocycles. The number of carboxylic acids is 1. The summed E-state index contributed by atoms with van der Waals surface area (Å²) in [5, 5.41) is 8.76. The van der Waals surface area contributed by atoms with Crippen LogP contribution in [-0.4, -0.2) is 21.0 Å². The first-order valence-corrected chi connectivity index (χ1v) is 3.63. The number of hydrogen-bond acceptors (Lipinski definition) is 2. The highest BCUT2D eigenvalue weighted by molar-refractivity contribution is 6.00. The second kappa shape index (κ2) is 2.48. The van der Waals surface area contributed by atoms with E-state index in [1.807, 2.05) is 0 Å². The van der Waals surface area contributed by atoms with E-state index in [9.17, 15) is 9.59 Å². The molecule has 0 unspecified atom stereocenters. The standard InChI is InChI=1S/C8H6N2O3/c11-7(12)4-2-1-3-5-6(4)10-8(13)9-5/h1-3H,(H,11,12)(H2,9,10,13). The van der Waals surface area contributed by atoms with Gasteiger partial charge in [-0.05, 0) is 12.1 Å². The average molecular weight is 178 g/mol. The molecule has 0 amide bonds. The summed E-state index contributed by atoms with van der Waals surface area (Å²) in [5.74, 6) is -1.05. The predicted molar refractivity (Wildman–Crippen MR) is 45.9 cm³/mol. The number of aromatic carboxylic acids is 1. The molecule has 1 aromatic carbocycles. The molecule has 0 bridgehead atoms. The van der Waals surface area contributed by atoms with E-state index in [0.29, 0.717) is 11.0 Å². The van der Waals surface area contributed by atoms with Crippen molar-refractivity contribution in [2.75, 3.05) is 0 Å². The van der Waals surface area contributed by atoms with Crippen LogP contribution in [-0.2, 0) is 0 Å². The van der Waals surface area contributed by atoms with Crippen LogP contribution in [0.4, 0.5) is 0 Å². The number of fused-ring (bicyclic) bond motifs is 1. The van der Waals surface area contributed by atoms with Gasteiger partial charge < -0.3 is 15.1 Å². The minimum atomic E-state index is -1.05. The molecule has 2 aromatic rings. The van der Waals surface area contributed by atoms with E-state index in [4.69, 9.17) is 5.11 Å². The van der Waals surface area contributed by atoms with Gasteiger partial charge >= 0.3 is 11.7 Å². The summed E-state index contributed by atoms with van der Waals surface area (Å²) in [7, 11) is 0. The zero-order valence-electron chi connectivity index (χ0n) is 6.50. The van der Waals surface area contributed by atoms with Gasteiger partial charge in [0, 0.05) is 0 Å². The van der Waals surface area contributed by atoms with E-state index in [1.54, 1.807) is 12.1 Å². The van der Waals surface area contributed by atoms with Gasteiger partial charge in [-0.2, -0.15) is 0 Å². The Balaban J connectivity index is 2.90. The van der Waals surface area contributed by atoms with Crippen LogP contribution in [0.2, 0.25) is 0 Å². The fraction of sp³-hybridized carbons (Fsp3) is 0. The summed E-state index contributed by atoms with van der Waals surface area (Å²) in [4.78, 5) is 26.4. The minimum absolute atomic E-state index is 0.0934. The number of carbonyl (C=O) groups is 1. The molecule has 1 aromatic heterocycles. The lowest BCUT2D eigenvalue weighted by Crippen LogP contribution is -2.01. The van der Waals surface area contributed by atoms with Crippen LogP contribution in [0, 0.1) is 0 Å². The molecule has 13 heavy (non-hydrogen) atoms. The quantitative estimate of drug-likeness (QED) is 0.596. The molecular weight excluding hydrogens is 172 g/mol. The topological polar surface area (TPSA) is 85.9 Å². The van der Waals surface area contributed by atoms with Gasteiger partial charge in [-0.1, -0.05) is 6.07 Å². The Labute approximate surface area is 72.0 Å². The fourth-order valence-corrected chi connectivity index (χ4v) is 1.24. The molecule has 1 heterocycles. The molecule has 5 heteroatoms. The van der Waals surface area contributed by atoms with Crippen LogP contribution in [0.1, 0.15) is 10.4 Å². The van der Waals surface area contributed by atoms with Crippen molar-refractivity contribution in [1.82, 2.24) is 9.97 Å². The van der Waals surface area contributed by atoms with Crippen molar-refractivity contribution in [3.8, 4) is 0 Å². The van der Waals surface area contributed by atoms with E-state index < -0.39 is 11.7 Å². The van der Waals surface area contributed by atoms with Gasteiger partial charge in [-0.25, -0.2) is 9.59 Å². The van der Waals surface area contributed by atoms with E-state index >= 15 is 0 Å². The van der Waals surface area contributed by atoms with Crippen molar-refractivity contribution in [2.45, 2.75) is 0 Å². The molecule has 0 aliphatic heterocycles. The second-order valence-corrected chi connectivity index (χ2v) is 2.61. The molecule has 2 rings (SSSR count). The molecular formula is C8H6N2O3. The number of hydrogen-bond donors (Lipinski definition) is 3. The first kappa shape index (κ1) is 7.60. The van der Waals surface area contributed by atoms with Crippen LogP contribution in [0.25, 0.3) is 11.0 Å². The Morgan fingerprint density at radius 1 is 1.31 bits per heavy atom. The summed E-state index contributed by atoms with van der Waals surface area (Å²) in [6.07, 6.45) is 0. The van der Waals surface area contributed by atoms with E-state index in [0.717, 1.165) is 0 Å². The molecule has 0 aliphatic rings. The van der Waals surface area contributed by atoms with Gasteiger partial charge in [0.2, 0.25) is 0 Å². The van der Waals surface area contributed by atoms with Crippen molar-refractivity contribution in [2.24, 2.45) is 0 Å². The number of imidazole rings is 1. The van der Waals surface area contributed by atoms with Crippen molar-refractivity contribution >= 4 is 17.0 Å². The molecule has 3 N–H and O–H groups in total. The smallest absolute Gasteiger partial charge is 0.337 e. The molecule has 0 aliphatic carbocycles. The summed E-state index contributed by atoms with van der Waals surface area (Å²) < 4.78 is 0. The number of benzene rings is 1. The normalized spacial score (nSPS) is 10.5. The number of aromatic amines is 2. The molecule has 5 nitrogen and oxygen atoms in total. The van der Waals surface area contributed by atoms with Gasteiger partial charge in [0.05, 0.1) is 16.6 Å². The first-order chi connectivity index (χ1) is 6.18. The fourth-order valence-electron chi connectivity index (χ4n) is 1.24. The molecule has 0 fully saturated rings. The van der Waals surface area contributed by atoms with Crippen molar-refractivity contribution < 1.29 is 9.90 Å². The third-order valence-corrected chi connectivity index (χ3v) is 1.78. The van der Waals surface area contributed by atoms with Crippen LogP contribution >= 0.6 is 0 Å². The molecule has 66 valence electrons. The summed E-state index contributed by atoms with van der Waals surface area (Å²) in [6, 6.07) is 4.66. The zero-order chi connectivity index (χ0) is 9.42. The van der Waals surface area contributed by atoms with Gasteiger partial charge in [-0.3, -0.25) is 0 Å². The van der Waals surface area contributed by atoms with Crippen molar-refractivity contribution in [1.29, 1.82) is 0 Å². The lowest BCUT2D eigenvalue weighted by atomic mass is 10.2. The third kappa shape index (κ3) is 1.10. The Morgan fingerprint density at radius 3 is 2.77 bits per heavy atom. The second-order valence-electron chi connectivity index (χ2n) is 2.61. The van der Waals surface area contributed by atoms with Gasteiger partial charge in [0.25, 0.3) is 0 Å². The number of rotatable bonds is 1. The molecule has 0 atom stereocenters. The maximum Gasteiger partial charge on any atom is 0.337 e. The summed E-state index contributed by atoms with van der Waals surface area (Å²) >= 11 is 0. The largest absolute Gasteiger partial charge is 0.478 e. The number of H-pyrrole nitrogens is 2. The Morgan fingerprint density at radius 2 is 2.08 bits per heavy atom. The zero-order valence-corrected chi connectivity index (χ0v) is 6.50. The maximum atomic E-state index is 10.9. The third-order valence-electron chi connectivity index (χ3n) is 1.78. The average Bonchev–Trinajstić information content (AvgIpc) is 2.43. The van der Waals surface area contributed by atoms with E-state index in [-0.39, 0.29) is 5.56 Å². The van der Waals surface area contributed by atoms with Crippen LogP contribution < -0.4 is 5.69 Å². The SMILES string of the molecule is O=C(O)c1cccc2[nH]c(=O)[nH]c12. The number of para-hydroxylation sites is 1. The summed E-state index contributed by atoms with van der Waals surface area (Å²) in [6.45, 7) is 0. The predicted octanol–water partition coefficient (Wildman–Crippen LogP) is 0.554. The highest BCUT2D eigenvalue weighted by Gasteiger charge is 2.09. The molecule has 0 radical (unpaired) electrons. The van der Waals surface area contributed by atoms with Crippen LogP contribution in [0.5, 0.6) is 0 Å². The monoisotopic (exact) mass is 178 g/mol. The molecule has 0 saturated heterocycles. The highest BCUT2D eigenvalue weighted by atomic mass is 16.4. The minimum Gasteiger partial charge on any atom is -0.478 e. The highest BCUT2D eigenvalue weighted by Crippen LogP contribution is 2.12. The van der Waals surface area contributed by atoms with E-state index in [2.05, 4.69) is 9.97 Å². The van der Waals surface area contributed by atoms with Gasteiger partial charge in [0.1, 0.15) is 0 Å². The molecule has 0 spiro atoms. The number of carboxylic acid groups (broad SMARTS) is 1. The Kier molecular flexibility index (Phi) is 1.45. The van der Waals surface area contributed by atoms with Crippen LogP contribution in [0.15, 0.2) is 23.0 Å². The maximum absolute atomic E-state index is 10.9. The van der Waals surface area contributed by atoms with Gasteiger partial charge in [-0.15, -0.1) is 0 Å². The van der Waals surface area contributed by atoms with Crippen molar-refractivity contribution in [3.63, 3.8) is 0 Å². The summed E-state index contributed by atoms with van der Waals surface area (Å²) in [5.41, 5.74) is 0.532. The van der Waals surface area contributed by atoms with Crippen LogP contribution in [0.3, 0.4) is 0 Å². The number of nitrogens with one attached hydrogen (secondary N) is 2. The van der Waals surface area contributed by atoms with Gasteiger partial charge in [0.15, 0.2) is 0 Å². The lowest BCUT2D eigenvalue weighted by molar-refractivity contribution is 0.0699. The number of aromatic nitrogens is 2. The van der Waals surface area contributed by atoms with E-state index in [1.165, 1.54) is 6.07 Å². The Hall–Kier alpha value is -2.04.